The van der Waals surface area contributed by atoms with Crippen LogP contribution in [0.25, 0.3) is 0 Å². The molecular weight excluding hydrogens is 668 g/mol. The molecule has 0 aliphatic heterocycles. The highest BCUT2D eigenvalue weighted by molar-refractivity contribution is 5.69. The van der Waals surface area contributed by atoms with Crippen molar-refractivity contribution >= 4 is 24.3 Å². The highest BCUT2D eigenvalue weighted by atomic mass is 19.3. The van der Waals surface area contributed by atoms with E-state index in [-0.39, 0.29) is 0 Å². The number of halogens is 4. The van der Waals surface area contributed by atoms with Crippen LogP contribution in [0, 0.1) is 0 Å². The van der Waals surface area contributed by atoms with Crippen molar-refractivity contribution in [2.24, 2.45) is 9.98 Å². The number of amides is 2. The van der Waals surface area contributed by atoms with E-state index in [4.69, 9.17) is 9.47 Å². The Balaban J connectivity index is 1.83. The third kappa shape index (κ3) is 11.5. The van der Waals surface area contributed by atoms with Crippen molar-refractivity contribution in [3.63, 3.8) is 0 Å². The second-order valence-corrected chi connectivity index (χ2v) is 13.2. The SMILES string of the molecule is CC(C)(N=C=O)c1cccc(C(C)(C)NC(=O)OCCOC(F)(F)C(F)(F)OCCOC(=O)NC(C)(C)c2cccc(C(C)(C)N=C=O)c2)c1. The molecule has 2 aromatic carbocycles. The number of rotatable bonds is 17. The van der Waals surface area contributed by atoms with Crippen molar-refractivity contribution in [1.82, 2.24) is 10.6 Å². The smallest absolute Gasteiger partial charge is 0.447 e. The van der Waals surface area contributed by atoms with Gasteiger partial charge >= 0.3 is 24.4 Å². The van der Waals surface area contributed by atoms with Crippen molar-refractivity contribution in [2.45, 2.75) is 89.8 Å². The lowest BCUT2D eigenvalue weighted by Crippen LogP contribution is -2.46. The molecule has 0 aromatic heterocycles. The number of isocyanates is 2. The van der Waals surface area contributed by atoms with Crippen molar-refractivity contribution in [2.75, 3.05) is 26.4 Å². The summed E-state index contributed by atoms with van der Waals surface area (Å²) in [7, 11) is 0. The maximum absolute atomic E-state index is 14.1. The topological polar surface area (TPSA) is 154 Å². The van der Waals surface area contributed by atoms with Gasteiger partial charge in [-0.3, -0.25) is 0 Å². The molecule has 2 amide bonds. The molecule has 2 N–H and O–H groups in total. The van der Waals surface area contributed by atoms with Gasteiger partial charge in [-0.2, -0.15) is 27.5 Å². The molecule has 0 bridgehead atoms. The highest BCUT2D eigenvalue weighted by Gasteiger charge is 2.60. The van der Waals surface area contributed by atoms with Gasteiger partial charge in [0.2, 0.25) is 12.2 Å². The number of alkyl halides is 4. The Labute approximate surface area is 287 Å². The van der Waals surface area contributed by atoms with Gasteiger partial charge in [-0.25, -0.2) is 19.2 Å². The first-order valence-electron chi connectivity index (χ1n) is 15.3. The molecule has 0 atom stereocenters. The van der Waals surface area contributed by atoms with Crippen LogP contribution in [-0.2, 0) is 50.7 Å². The van der Waals surface area contributed by atoms with Gasteiger partial charge in [0.05, 0.1) is 35.4 Å². The average molecular weight is 711 g/mol. The van der Waals surface area contributed by atoms with Gasteiger partial charge in [0, 0.05) is 0 Å². The third-order valence-corrected chi connectivity index (χ3v) is 7.60. The summed E-state index contributed by atoms with van der Waals surface area (Å²) in [5.74, 6) is 0. The molecule has 0 saturated heterocycles. The zero-order chi connectivity index (χ0) is 38.0. The fraction of sp³-hybridized carbons (Fsp3) is 0.529. The van der Waals surface area contributed by atoms with E-state index in [9.17, 15) is 36.7 Å². The maximum Gasteiger partial charge on any atom is 0.448 e. The van der Waals surface area contributed by atoms with Crippen LogP contribution in [-0.4, -0.2) is 63.0 Å². The Morgan fingerprint density at radius 1 is 0.600 bits per heavy atom. The summed E-state index contributed by atoms with van der Waals surface area (Å²) in [6.07, 6.45) is -9.30. The van der Waals surface area contributed by atoms with Gasteiger partial charge in [-0.15, -0.1) is 0 Å². The minimum atomic E-state index is -5.12. The molecule has 274 valence electrons. The van der Waals surface area contributed by atoms with Gasteiger partial charge in [-0.05, 0) is 77.6 Å². The third-order valence-electron chi connectivity index (χ3n) is 7.60. The van der Waals surface area contributed by atoms with E-state index >= 15 is 0 Å². The van der Waals surface area contributed by atoms with Crippen LogP contribution in [0.2, 0.25) is 0 Å². The zero-order valence-corrected chi connectivity index (χ0v) is 29.1. The normalized spacial score (nSPS) is 12.6. The Morgan fingerprint density at radius 2 is 0.920 bits per heavy atom. The monoisotopic (exact) mass is 710 g/mol. The van der Waals surface area contributed by atoms with E-state index in [0.29, 0.717) is 22.3 Å². The van der Waals surface area contributed by atoms with Gasteiger partial charge in [0.15, 0.2) is 0 Å². The van der Waals surface area contributed by atoms with Crippen molar-refractivity contribution in [1.29, 1.82) is 0 Å². The van der Waals surface area contributed by atoms with E-state index in [1.165, 1.54) is 12.2 Å². The molecule has 2 aromatic rings. The standard InChI is InChI=1S/C34H42F4N4O8/c1-29(2,39-21-43)23-11-9-13-25(19-23)31(5,6)41-27(45)47-15-17-49-33(35,36)34(37,38)50-18-16-48-28(46)42-32(7,8)26-14-10-12-24(20-26)30(3,4)40-22-44/h9-14,19-20H,15-18H2,1-8H3,(H,41,45)(H,42,46). The number of ether oxygens (including phenoxy) is 4. The molecule has 0 spiro atoms. The number of carbonyl (C=O) groups excluding carboxylic acids is 4. The molecular formula is C34H42F4N4O8. The summed E-state index contributed by atoms with van der Waals surface area (Å²) in [5.41, 5.74) is -1.33. The lowest BCUT2D eigenvalue weighted by atomic mass is 9.88. The highest BCUT2D eigenvalue weighted by Crippen LogP contribution is 2.36. The molecule has 0 fully saturated rings. The Hall–Kier alpha value is -4.62. The number of nitrogens with zero attached hydrogens (tertiary/aromatic N) is 2. The summed E-state index contributed by atoms with van der Waals surface area (Å²) in [4.78, 5) is 53.7. The van der Waals surface area contributed by atoms with Gasteiger partial charge in [-0.1, -0.05) is 48.5 Å². The van der Waals surface area contributed by atoms with E-state index < -0.39 is 73.0 Å². The largest absolute Gasteiger partial charge is 0.448 e. The number of benzene rings is 2. The molecule has 50 heavy (non-hydrogen) atoms. The number of hydrogen-bond acceptors (Lipinski definition) is 10. The molecule has 0 unspecified atom stereocenters. The van der Waals surface area contributed by atoms with Gasteiger partial charge < -0.3 is 29.6 Å². The van der Waals surface area contributed by atoms with E-state index in [0.717, 1.165) is 0 Å². The first-order valence-corrected chi connectivity index (χ1v) is 15.3. The number of carbonyl (C=O) groups is 2. The minimum Gasteiger partial charge on any atom is -0.447 e. The molecule has 0 heterocycles. The van der Waals surface area contributed by atoms with Crippen LogP contribution >= 0.6 is 0 Å². The predicted molar refractivity (Wildman–Crippen MR) is 172 cm³/mol. The summed E-state index contributed by atoms with van der Waals surface area (Å²) in [6.45, 7) is 9.49. The molecule has 12 nitrogen and oxygen atoms in total. The second-order valence-electron chi connectivity index (χ2n) is 13.2. The van der Waals surface area contributed by atoms with Crippen LogP contribution < -0.4 is 10.6 Å². The number of nitrogens with one attached hydrogen (secondary N) is 2. The summed E-state index contributed by atoms with van der Waals surface area (Å²) >= 11 is 0. The molecule has 0 aliphatic rings. The summed E-state index contributed by atoms with van der Waals surface area (Å²) in [5, 5.41) is 5.09. The van der Waals surface area contributed by atoms with Crippen molar-refractivity contribution in [3.8, 4) is 0 Å². The summed E-state index contributed by atoms with van der Waals surface area (Å²) in [6, 6.07) is 13.7. The molecule has 16 heteroatoms. The molecule has 2 rings (SSSR count). The quantitative estimate of drug-likeness (QED) is 0.0799. The van der Waals surface area contributed by atoms with Crippen LogP contribution in [0.4, 0.5) is 27.2 Å². The van der Waals surface area contributed by atoms with Crippen LogP contribution in [0.5, 0.6) is 0 Å². The first kappa shape index (κ1) is 41.6. The zero-order valence-electron chi connectivity index (χ0n) is 29.1. The second kappa shape index (κ2) is 16.4. The Kier molecular flexibility index (Phi) is 13.6. The summed E-state index contributed by atoms with van der Waals surface area (Å²) < 4.78 is 74.1. The molecule has 0 aliphatic carbocycles. The van der Waals surface area contributed by atoms with Crippen LogP contribution in [0.1, 0.15) is 77.6 Å². The molecule has 0 saturated carbocycles. The van der Waals surface area contributed by atoms with Gasteiger partial charge in [0.25, 0.3) is 0 Å². The number of aliphatic imine (C=N–C) groups is 2. The van der Waals surface area contributed by atoms with Crippen molar-refractivity contribution in [3.05, 3.63) is 70.8 Å². The average Bonchev–Trinajstić information content (AvgIpc) is 3.01. The lowest BCUT2D eigenvalue weighted by Gasteiger charge is -2.29. The van der Waals surface area contributed by atoms with Crippen molar-refractivity contribution < 1.29 is 55.7 Å². The van der Waals surface area contributed by atoms with E-state index in [1.54, 1.807) is 104 Å². The van der Waals surface area contributed by atoms with Crippen LogP contribution in [0.15, 0.2) is 58.5 Å². The number of alkyl carbamates (subject to hydrolysis) is 2. The fourth-order valence-corrected chi connectivity index (χ4v) is 4.44. The van der Waals surface area contributed by atoms with E-state index in [2.05, 4.69) is 30.1 Å². The molecule has 0 radical (unpaired) electrons. The predicted octanol–water partition coefficient (Wildman–Crippen LogP) is 6.67. The van der Waals surface area contributed by atoms with E-state index in [1.807, 2.05) is 0 Å². The Morgan fingerprint density at radius 3 is 1.24 bits per heavy atom. The fourth-order valence-electron chi connectivity index (χ4n) is 4.44. The Bertz CT molecular complexity index is 1480. The first-order chi connectivity index (χ1) is 23.0. The minimum absolute atomic E-state index is 0.600. The lowest BCUT2D eigenvalue weighted by molar-refractivity contribution is -0.431. The van der Waals surface area contributed by atoms with Gasteiger partial charge in [0.1, 0.15) is 13.2 Å². The van der Waals surface area contributed by atoms with Crippen LogP contribution in [0.3, 0.4) is 0 Å². The number of hydrogen-bond donors (Lipinski definition) is 2. The maximum atomic E-state index is 14.1.